The maximum atomic E-state index is 14.5. The second-order valence-electron chi connectivity index (χ2n) is 8.96. The molecule has 10 heteroatoms. The van der Waals surface area contributed by atoms with Gasteiger partial charge in [-0.2, -0.15) is 5.10 Å². The molecule has 37 heavy (non-hydrogen) atoms. The summed E-state index contributed by atoms with van der Waals surface area (Å²) in [5.41, 5.74) is 6.65. The van der Waals surface area contributed by atoms with Crippen LogP contribution in [0.2, 0.25) is 0 Å². The van der Waals surface area contributed by atoms with Gasteiger partial charge in [-0.15, -0.1) is 0 Å². The number of sulfone groups is 1. The molecule has 0 unspecified atom stereocenters. The largest absolute Gasteiger partial charge is 0.353 e. The third-order valence-corrected chi connectivity index (χ3v) is 7.16. The Bertz CT molecular complexity index is 1880. The van der Waals surface area contributed by atoms with E-state index in [2.05, 4.69) is 30.1 Å². The van der Waals surface area contributed by atoms with E-state index in [9.17, 15) is 12.8 Å². The van der Waals surface area contributed by atoms with Gasteiger partial charge in [0.1, 0.15) is 21.3 Å². The molecule has 0 spiro atoms. The molecule has 0 aliphatic rings. The van der Waals surface area contributed by atoms with Crippen molar-refractivity contribution in [3.8, 4) is 33.9 Å². The predicted molar refractivity (Wildman–Crippen MR) is 141 cm³/mol. The lowest BCUT2D eigenvalue weighted by Gasteiger charge is -2.07. The number of H-pyrrole nitrogens is 2. The van der Waals surface area contributed by atoms with Gasteiger partial charge in [0.25, 0.3) is 0 Å². The van der Waals surface area contributed by atoms with E-state index < -0.39 is 15.7 Å². The summed E-state index contributed by atoms with van der Waals surface area (Å²) >= 11 is 0. The number of aryl methyl sites for hydroxylation is 1. The highest BCUT2D eigenvalue weighted by molar-refractivity contribution is 7.90. The van der Waals surface area contributed by atoms with E-state index >= 15 is 0 Å². The number of hydrogen-bond acceptors (Lipinski definition) is 6. The summed E-state index contributed by atoms with van der Waals surface area (Å²) in [6, 6.07) is 14.1. The summed E-state index contributed by atoms with van der Waals surface area (Å²) in [6.07, 6.45) is 8.26. The topological polar surface area (TPSA) is 117 Å². The number of pyridine rings is 3. The highest BCUT2D eigenvalue weighted by atomic mass is 32.2. The van der Waals surface area contributed by atoms with Gasteiger partial charge < -0.3 is 4.98 Å². The average Bonchev–Trinajstić information content (AvgIpc) is 3.51. The fraction of sp³-hybridized carbons (Fsp3) is 0.111. The van der Waals surface area contributed by atoms with E-state index in [0.29, 0.717) is 16.8 Å². The van der Waals surface area contributed by atoms with Gasteiger partial charge in [-0.3, -0.25) is 20.1 Å². The van der Waals surface area contributed by atoms with Crippen LogP contribution >= 0.6 is 0 Å². The lowest BCUT2D eigenvalue weighted by Crippen LogP contribution is -2.06. The summed E-state index contributed by atoms with van der Waals surface area (Å²) < 4.78 is 37.7. The minimum absolute atomic E-state index is 0.0512. The predicted octanol–water partition coefficient (Wildman–Crippen LogP) is 4.96. The summed E-state index contributed by atoms with van der Waals surface area (Å²) in [7, 11) is -3.17. The van der Waals surface area contributed by atoms with Gasteiger partial charge in [-0.05, 0) is 60.5 Å². The molecule has 0 aliphatic carbocycles. The molecule has 0 amide bonds. The van der Waals surface area contributed by atoms with Crippen molar-refractivity contribution in [2.45, 2.75) is 6.42 Å². The minimum atomic E-state index is -3.17. The quantitative estimate of drug-likeness (QED) is 0.326. The van der Waals surface area contributed by atoms with Crippen molar-refractivity contribution >= 4 is 31.6 Å². The van der Waals surface area contributed by atoms with Gasteiger partial charge in [-0.1, -0.05) is 0 Å². The van der Waals surface area contributed by atoms with Gasteiger partial charge in [0, 0.05) is 52.3 Å². The average molecular weight is 513 g/mol. The van der Waals surface area contributed by atoms with Gasteiger partial charge in [0.15, 0.2) is 0 Å². The summed E-state index contributed by atoms with van der Waals surface area (Å²) in [4.78, 5) is 16.5. The SMILES string of the molecule is CS(=O)(=O)CCc1cc(F)cc(-c2nccc3[nH]c(-c4n[nH]c5cnc(-c6ccncc6)cc45)cc23)c1. The van der Waals surface area contributed by atoms with Crippen LogP contribution in [0.4, 0.5) is 4.39 Å². The lowest BCUT2D eigenvalue weighted by atomic mass is 10.0. The maximum absolute atomic E-state index is 14.5. The highest BCUT2D eigenvalue weighted by Crippen LogP contribution is 2.34. The Hall–Kier alpha value is -4.44. The number of rotatable bonds is 6. The Kier molecular flexibility index (Phi) is 5.53. The Morgan fingerprint density at radius 1 is 0.865 bits per heavy atom. The Morgan fingerprint density at radius 2 is 1.68 bits per heavy atom. The van der Waals surface area contributed by atoms with Crippen molar-refractivity contribution in [2.24, 2.45) is 0 Å². The first-order valence-electron chi connectivity index (χ1n) is 11.5. The van der Waals surface area contributed by atoms with E-state index in [1.807, 2.05) is 30.3 Å². The smallest absolute Gasteiger partial charge is 0.147 e. The first kappa shape index (κ1) is 23.0. The van der Waals surface area contributed by atoms with Crippen molar-refractivity contribution in [1.82, 2.24) is 30.1 Å². The van der Waals surface area contributed by atoms with Crippen LogP contribution in [0.1, 0.15) is 5.56 Å². The van der Waals surface area contributed by atoms with Crippen LogP contribution in [0.3, 0.4) is 0 Å². The lowest BCUT2D eigenvalue weighted by molar-refractivity contribution is 0.600. The molecule has 6 aromatic rings. The van der Waals surface area contributed by atoms with Gasteiger partial charge >= 0.3 is 0 Å². The molecular weight excluding hydrogens is 491 g/mol. The molecule has 5 aromatic heterocycles. The Labute approximate surface area is 211 Å². The number of nitrogens with zero attached hydrogens (tertiary/aromatic N) is 4. The molecule has 2 N–H and O–H groups in total. The monoisotopic (exact) mass is 512 g/mol. The maximum Gasteiger partial charge on any atom is 0.147 e. The molecule has 5 heterocycles. The number of benzene rings is 1. The highest BCUT2D eigenvalue weighted by Gasteiger charge is 2.16. The molecule has 184 valence electrons. The zero-order chi connectivity index (χ0) is 25.6. The van der Waals surface area contributed by atoms with E-state index in [1.165, 1.54) is 18.4 Å². The summed E-state index contributed by atoms with van der Waals surface area (Å²) in [6.45, 7) is 0. The number of fused-ring (bicyclic) bond motifs is 2. The van der Waals surface area contributed by atoms with E-state index in [0.717, 1.165) is 44.5 Å². The normalized spacial score (nSPS) is 11.9. The zero-order valence-corrected chi connectivity index (χ0v) is 20.6. The first-order chi connectivity index (χ1) is 17.8. The van der Waals surface area contributed by atoms with Crippen molar-refractivity contribution in [3.63, 3.8) is 0 Å². The Morgan fingerprint density at radius 3 is 2.49 bits per heavy atom. The fourth-order valence-electron chi connectivity index (χ4n) is 4.45. The van der Waals surface area contributed by atoms with E-state index in [4.69, 9.17) is 0 Å². The third kappa shape index (κ3) is 4.58. The van der Waals surface area contributed by atoms with Gasteiger partial charge in [-0.25, -0.2) is 12.8 Å². The second-order valence-corrected chi connectivity index (χ2v) is 11.2. The van der Waals surface area contributed by atoms with Gasteiger partial charge in [0.2, 0.25) is 0 Å². The van der Waals surface area contributed by atoms with Crippen molar-refractivity contribution in [3.05, 3.63) is 84.7 Å². The molecule has 0 atom stereocenters. The van der Waals surface area contributed by atoms with Gasteiger partial charge in [0.05, 0.1) is 34.5 Å². The van der Waals surface area contributed by atoms with E-state index in [1.54, 1.807) is 30.9 Å². The number of aromatic nitrogens is 6. The molecule has 8 nitrogen and oxygen atoms in total. The number of hydrogen-bond donors (Lipinski definition) is 2. The molecule has 0 saturated heterocycles. The molecule has 0 fully saturated rings. The second kappa shape index (κ2) is 8.90. The van der Waals surface area contributed by atoms with Crippen LogP contribution in [-0.4, -0.2) is 50.6 Å². The number of aromatic amines is 2. The first-order valence-corrected chi connectivity index (χ1v) is 13.6. The summed E-state index contributed by atoms with van der Waals surface area (Å²) in [5.74, 6) is -0.491. The minimum Gasteiger partial charge on any atom is -0.353 e. The van der Waals surface area contributed by atoms with Crippen LogP contribution in [0.25, 0.3) is 55.7 Å². The van der Waals surface area contributed by atoms with Crippen LogP contribution < -0.4 is 0 Å². The number of halogens is 1. The van der Waals surface area contributed by atoms with Crippen LogP contribution in [0.5, 0.6) is 0 Å². The molecule has 0 radical (unpaired) electrons. The molecule has 0 bridgehead atoms. The molecule has 6 rings (SSSR count). The molecule has 1 aromatic carbocycles. The molecule has 0 saturated carbocycles. The zero-order valence-electron chi connectivity index (χ0n) is 19.7. The Balaban J connectivity index is 1.44. The van der Waals surface area contributed by atoms with Crippen LogP contribution in [0.15, 0.2) is 73.3 Å². The molecular formula is C27H21FN6O2S. The summed E-state index contributed by atoms with van der Waals surface area (Å²) in [5, 5.41) is 9.27. The van der Waals surface area contributed by atoms with Crippen LogP contribution in [0, 0.1) is 5.82 Å². The van der Waals surface area contributed by atoms with Crippen molar-refractivity contribution < 1.29 is 12.8 Å². The van der Waals surface area contributed by atoms with E-state index in [-0.39, 0.29) is 12.2 Å². The third-order valence-electron chi connectivity index (χ3n) is 6.22. The standard InChI is InChI=1S/C27H21FN6O2S/c1-37(35,36)9-5-16-10-18(12-19(28)11-16)26-20-14-24(32-22(20)4-8-30-26)27-21-13-23(17-2-6-29-7-3-17)31-15-25(21)33-34-27/h2-4,6-8,10-15,32H,5,9H2,1H3,(H,33,34). The molecule has 0 aliphatic heterocycles. The fourth-order valence-corrected chi connectivity index (χ4v) is 5.06. The van der Waals surface area contributed by atoms with Crippen LogP contribution in [-0.2, 0) is 16.3 Å². The number of nitrogens with one attached hydrogen (secondary N) is 2. The van der Waals surface area contributed by atoms with Crippen molar-refractivity contribution in [1.29, 1.82) is 0 Å². The van der Waals surface area contributed by atoms with Crippen molar-refractivity contribution in [2.75, 3.05) is 12.0 Å².